The van der Waals surface area contributed by atoms with Crippen molar-refractivity contribution in [2.45, 2.75) is 35.8 Å². The number of rotatable bonds is 8. The number of amides is 1. The van der Waals surface area contributed by atoms with Gasteiger partial charge in [0.2, 0.25) is 5.91 Å². The molecule has 0 fully saturated rings. The van der Waals surface area contributed by atoms with Crippen LogP contribution in [0, 0.1) is 13.8 Å². The highest BCUT2D eigenvalue weighted by Crippen LogP contribution is 2.28. The van der Waals surface area contributed by atoms with E-state index in [1.165, 1.54) is 31.0 Å². The van der Waals surface area contributed by atoms with Crippen molar-refractivity contribution in [1.29, 1.82) is 0 Å². The molecule has 0 aliphatic carbocycles. The predicted octanol–water partition coefficient (Wildman–Crippen LogP) is 5.23. The molecule has 1 amide bonds. The van der Waals surface area contributed by atoms with E-state index >= 15 is 0 Å². The molecule has 0 aliphatic heterocycles. The molecule has 0 saturated carbocycles. The first-order valence-corrected chi connectivity index (χ1v) is 12.4. The van der Waals surface area contributed by atoms with Crippen LogP contribution >= 0.6 is 11.8 Å². The topological polar surface area (TPSA) is 84.5 Å². The molecule has 6 nitrogen and oxygen atoms in total. The molecule has 0 radical (unpaired) electrons. The third kappa shape index (κ3) is 6.05. The zero-order valence-corrected chi connectivity index (χ0v) is 20.0. The number of anilines is 2. The Bertz CT molecular complexity index is 1190. The van der Waals surface area contributed by atoms with Gasteiger partial charge in [-0.3, -0.25) is 9.52 Å². The smallest absolute Gasteiger partial charge is 0.262 e. The Morgan fingerprint density at radius 2 is 1.56 bits per heavy atom. The Hall–Kier alpha value is -2.97. The number of nitrogens with one attached hydrogen (secondary N) is 2. The van der Waals surface area contributed by atoms with Crippen LogP contribution in [-0.2, 0) is 14.8 Å². The van der Waals surface area contributed by atoms with E-state index < -0.39 is 10.0 Å². The Kier molecular flexibility index (Phi) is 7.48. The summed E-state index contributed by atoms with van der Waals surface area (Å²) in [6.07, 6.45) is 0. The van der Waals surface area contributed by atoms with Crippen LogP contribution in [0.15, 0.2) is 76.5 Å². The highest BCUT2D eigenvalue weighted by molar-refractivity contribution is 8.00. The lowest BCUT2D eigenvalue weighted by Crippen LogP contribution is -2.22. The SMILES string of the molecule is COc1ccc(C)cc1NS(=O)(=O)c1ccc(NC(=O)[C@H](C)Sc2ccc(C)cc2)cc1. The first-order chi connectivity index (χ1) is 15.2. The molecule has 0 unspecified atom stereocenters. The van der Waals surface area contributed by atoms with Crippen molar-refractivity contribution in [1.82, 2.24) is 0 Å². The zero-order valence-electron chi connectivity index (χ0n) is 18.4. The normalized spacial score (nSPS) is 12.1. The van der Waals surface area contributed by atoms with E-state index in [-0.39, 0.29) is 16.1 Å². The zero-order chi connectivity index (χ0) is 23.3. The van der Waals surface area contributed by atoms with Gasteiger partial charge in [-0.25, -0.2) is 8.42 Å². The number of thioether (sulfide) groups is 1. The maximum atomic E-state index is 12.8. The standard InChI is InChI=1S/C24H26N2O4S2/c1-16-5-10-20(11-6-16)31-18(3)24(27)25-19-8-12-21(13-9-19)32(28,29)26-22-15-17(2)7-14-23(22)30-4/h5-15,18,26H,1-4H3,(H,25,27)/t18-/m0/s1. The number of carbonyl (C=O) groups excluding carboxylic acids is 1. The fourth-order valence-electron chi connectivity index (χ4n) is 2.94. The highest BCUT2D eigenvalue weighted by Gasteiger charge is 2.18. The van der Waals surface area contributed by atoms with Crippen LogP contribution < -0.4 is 14.8 Å². The minimum Gasteiger partial charge on any atom is -0.495 e. The van der Waals surface area contributed by atoms with Gasteiger partial charge < -0.3 is 10.1 Å². The summed E-state index contributed by atoms with van der Waals surface area (Å²) in [4.78, 5) is 13.6. The average molecular weight is 471 g/mol. The second kappa shape index (κ2) is 10.1. The van der Waals surface area contributed by atoms with Crippen LogP contribution in [0.3, 0.4) is 0 Å². The fraction of sp³-hybridized carbons (Fsp3) is 0.208. The summed E-state index contributed by atoms with van der Waals surface area (Å²) in [7, 11) is -2.33. The Balaban J connectivity index is 1.66. The molecule has 0 saturated heterocycles. The lowest BCUT2D eigenvalue weighted by atomic mass is 10.2. The van der Waals surface area contributed by atoms with E-state index in [2.05, 4.69) is 10.0 Å². The number of aryl methyl sites for hydroxylation is 2. The van der Waals surface area contributed by atoms with Gasteiger partial charge in [-0.1, -0.05) is 23.8 Å². The summed E-state index contributed by atoms with van der Waals surface area (Å²) in [5.74, 6) is 0.275. The largest absolute Gasteiger partial charge is 0.495 e. The van der Waals surface area contributed by atoms with E-state index in [1.807, 2.05) is 51.1 Å². The average Bonchev–Trinajstić information content (AvgIpc) is 2.75. The van der Waals surface area contributed by atoms with Gasteiger partial charge in [-0.2, -0.15) is 0 Å². The molecular weight excluding hydrogens is 444 g/mol. The van der Waals surface area contributed by atoms with Crippen molar-refractivity contribution in [3.8, 4) is 5.75 Å². The van der Waals surface area contributed by atoms with Gasteiger partial charge in [0.15, 0.2) is 0 Å². The van der Waals surface area contributed by atoms with Crippen LogP contribution in [0.5, 0.6) is 5.75 Å². The van der Waals surface area contributed by atoms with E-state index in [1.54, 1.807) is 24.3 Å². The van der Waals surface area contributed by atoms with Crippen molar-refractivity contribution in [2.75, 3.05) is 17.1 Å². The lowest BCUT2D eigenvalue weighted by Gasteiger charge is -2.14. The van der Waals surface area contributed by atoms with Gasteiger partial charge in [0.05, 0.1) is 22.9 Å². The quantitative estimate of drug-likeness (QED) is 0.440. The van der Waals surface area contributed by atoms with Crippen molar-refractivity contribution >= 4 is 39.1 Å². The van der Waals surface area contributed by atoms with Gasteiger partial charge in [0.25, 0.3) is 10.0 Å². The fourth-order valence-corrected chi connectivity index (χ4v) is 4.87. The third-order valence-corrected chi connectivity index (χ3v) is 7.23. The van der Waals surface area contributed by atoms with E-state index in [0.29, 0.717) is 17.1 Å². The summed E-state index contributed by atoms with van der Waals surface area (Å²) in [5, 5.41) is 2.52. The monoisotopic (exact) mass is 470 g/mol. The molecule has 168 valence electrons. The number of carbonyl (C=O) groups is 1. The first-order valence-electron chi connectivity index (χ1n) is 9.99. The molecule has 32 heavy (non-hydrogen) atoms. The van der Waals surface area contributed by atoms with Crippen molar-refractivity contribution in [2.24, 2.45) is 0 Å². The van der Waals surface area contributed by atoms with Crippen molar-refractivity contribution in [3.05, 3.63) is 77.9 Å². The van der Waals surface area contributed by atoms with Crippen LogP contribution in [0.1, 0.15) is 18.1 Å². The van der Waals surface area contributed by atoms with Gasteiger partial charge in [0.1, 0.15) is 5.75 Å². The van der Waals surface area contributed by atoms with E-state index in [9.17, 15) is 13.2 Å². The molecule has 0 aliphatic rings. The summed E-state index contributed by atoms with van der Waals surface area (Å²) >= 11 is 1.46. The van der Waals surface area contributed by atoms with E-state index in [0.717, 1.165) is 16.0 Å². The number of sulfonamides is 1. The molecule has 0 aromatic heterocycles. The summed E-state index contributed by atoms with van der Waals surface area (Å²) < 4.78 is 33.4. The summed E-state index contributed by atoms with van der Waals surface area (Å²) in [6, 6.07) is 19.3. The van der Waals surface area contributed by atoms with Crippen molar-refractivity contribution in [3.63, 3.8) is 0 Å². The highest BCUT2D eigenvalue weighted by atomic mass is 32.2. The Morgan fingerprint density at radius 3 is 2.19 bits per heavy atom. The summed E-state index contributed by atoms with van der Waals surface area (Å²) in [5.41, 5.74) is 2.96. The van der Waals surface area contributed by atoms with Crippen LogP contribution in [0.2, 0.25) is 0 Å². The second-order valence-corrected chi connectivity index (χ2v) is 10.5. The van der Waals surface area contributed by atoms with Gasteiger partial charge in [-0.15, -0.1) is 11.8 Å². The maximum Gasteiger partial charge on any atom is 0.262 e. The van der Waals surface area contributed by atoms with Gasteiger partial charge in [-0.05, 0) is 74.9 Å². The number of benzene rings is 3. The molecule has 3 aromatic carbocycles. The third-order valence-electron chi connectivity index (χ3n) is 4.73. The van der Waals surface area contributed by atoms with Crippen LogP contribution in [-0.4, -0.2) is 26.7 Å². The Morgan fingerprint density at radius 1 is 0.938 bits per heavy atom. The molecule has 3 rings (SSSR count). The minimum atomic E-state index is -3.82. The maximum absolute atomic E-state index is 12.8. The number of methoxy groups -OCH3 is 1. The summed E-state index contributed by atoms with van der Waals surface area (Å²) in [6.45, 7) is 5.71. The van der Waals surface area contributed by atoms with Gasteiger partial charge >= 0.3 is 0 Å². The van der Waals surface area contributed by atoms with E-state index in [4.69, 9.17) is 4.74 Å². The van der Waals surface area contributed by atoms with Crippen LogP contribution in [0.25, 0.3) is 0 Å². The first kappa shape index (κ1) is 23.7. The molecule has 1 atom stereocenters. The second-order valence-electron chi connectivity index (χ2n) is 7.40. The molecule has 0 heterocycles. The molecular formula is C24H26N2O4S2. The lowest BCUT2D eigenvalue weighted by molar-refractivity contribution is -0.115. The molecule has 0 bridgehead atoms. The molecule has 2 N–H and O–H groups in total. The number of hydrogen-bond donors (Lipinski definition) is 2. The van der Waals surface area contributed by atoms with Crippen molar-refractivity contribution < 1.29 is 17.9 Å². The number of hydrogen-bond acceptors (Lipinski definition) is 5. The van der Waals surface area contributed by atoms with Gasteiger partial charge in [0, 0.05) is 10.6 Å². The minimum absolute atomic E-state index is 0.0844. The Labute approximate surface area is 193 Å². The molecule has 8 heteroatoms. The predicted molar refractivity (Wildman–Crippen MR) is 130 cm³/mol. The number of ether oxygens (including phenoxy) is 1. The molecule has 3 aromatic rings. The molecule has 0 spiro atoms. The van der Waals surface area contributed by atoms with Crippen LogP contribution in [0.4, 0.5) is 11.4 Å².